The molecule has 0 heterocycles. The van der Waals surface area contributed by atoms with Gasteiger partial charge in [0, 0.05) is 30.9 Å². The van der Waals surface area contributed by atoms with Crippen molar-refractivity contribution in [2.75, 3.05) is 4.90 Å². The van der Waals surface area contributed by atoms with Gasteiger partial charge < -0.3 is 4.90 Å². The highest BCUT2D eigenvalue weighted by Gasteiger charge is 2.16. The number of benzene rings is 3. The van der Waals surface area contributed by atoms with Crippen LogP contribution in [0.1, 0.15) is 26.3 Å². The van der Waals surface area contributed by atoms with Gasteiger partial charge in [-0.1, -0.05) is 32.9 Å². The van der Waals surface area contributed by atoms with Crippen LogP contribution in [0.25, 0.3) is 0 Å². The van der Waals surface area contributed by atoms with Gasteiger partial charge in [0.2, 0.25) is 0 Å². The summed E-state index contributed by atoms with van der Waals surface area (Å²) in [5.74, 6) is 0. The average molecular weight is 491 g/mol. The summed E-state index contributed by atoms with van der Waals surface area (Å²) in [6.07, 6.45) is 0. The summed E-state index contributed by atoms with van der Waals surface area (Å²) in [6, 6.07) is 23.3. The minimum absolute atomic E-state index is 0.137. The maximum absolute atomic E-state index is 4.42. The quantitative estimate of drug-likeness (QED) is 0.361. The summed E-state index contributed by atoms with van der Waals surface area (Å²) in [7, 11) is 0. The Morgan fingerprint density at radius 1 is 0.692 bits per heavy atom. The van der Waals surface area contributed by atoms with Crippen LogP contribution in [0.4, 0.5) is 17.1 Å². The van der Waals surface area contributed by atoms with Gasteiger partial charge in [-0.25, -0.2) is 0 Å². The predicted molar refractivity (Wildman–Crippen MR) is 122 cm³/mol. The van der Waals surface area contributed by atoms with E-state index in [1.807, 2.05) is 12.1 Å². The van der Waals surface area contributed by atoms with E-state index >= 15 is 0 Å². The molecule has 26 heavy (non-hydrogen) atoms. The number of thiol groups is 1. The van der Waals surface area contributed by atoms with Crippen LogP contribution in [0.3, 0.4) is 0 Å². The zero-order chi connectivity index (χ0) is 18.9. The molecule has 0 saturated heterocycles. The highest BCUT2D eigenvalue weighted by Crippen LogP contribution is 2.38. The van der Waals surface area contributed by atoms with E-state index in [9.17, 15) is 0 Å². The molecule has 0 amide bonds. The molecule has 0 radical (unpaired) electrons. The highest BCUT2D eigenvalue weighted by atomic mass is 79.9. The highest BCUT2D eigenvalue weighted by molar-refractivity contribution is 9.13. The van der Waals surface area contributed by atoms with E-state index in [0.717, 1.165) is 30.9 Å². The van der Waals surface area contributed by atoms with Crippen LogP contribution in [0.15, 0.2) is 80.6 Å². The first-order valence-electron chi connectivity index (χ1n) is 8.40. The fourth-order valence-corrected chi connectivity index (χ4v) is 3.55. The summed E-state index contributed by atoms with van der Waals surface area (Å²) in [5.41, 5.74) is 4.77. The maximum atomic E-state index is 4.42. The summed E-state index contributed by atoms with van der Waals surface area (Å²) >= 11 is 11.6. The molecule has 0 aliphatic heterocycles. The van der Waals surface area contributed by atoms with Crippen LogP contribution in [0, 0.1) is 0 Å². The molecule has 0 aliphatic rings. The second-order valence-electron chi connectivity index (χ2n) is 7.25. The topological polar surface area (TPSA) is 3.24 Å². The Morgan fingerprint density at radius 2 is 1.19 bits per heavy atom. The van der Waals surface area contributed by atoms with Gasteiger partial charge in [0.25, 0.3) is 0 Å². The lowest BCUT2D eigenvalue weighted by atomic mass is 9.87. The molecule has 0 aliphatic carbocycles. The fraction of sp³-hybridized carbons (Fsp3) is 0.182. The number of rotatable bonds is 3. The number of halogens is 2. The molecule has 1 nitrogen and oxygen atoms in total. The van der Waals surface area contributed by atoms with E-state index < -0.39 is 0 Å². The molecule has 3 aromatic carbocycles. The molecular weight excluding hydrogens is 470 g/mol. The van der Waals surface area contributed by atoms with E-state index in [2.05, 4.69) is 125 Å². The van der Waals surface area contributed by atoms with E-state index in [1.165, 1.54) is 5.56 Å². The third-order valence-corrected chi connectivity index (χ3v) is 6.44. The minimum Gasteiger partial charge on any atom is -0.310 e. The Labute approximate surface area is 178 Å². The van der Waals surface area contributed by atoms with Crippen molar-refractivity contribution in [2.24, 2.45) is 0 Å². The Morgan fingerprint density at radius 3 is 1.69 bits per heavy atom. The normalized spacial score (nSPS) is 11.5. The molecule has 0 spiro atoms. The number of hydrogen-bond donors (Lipinski definition) is 1. The smallest absolute Gasteiger partial charge is 0.0473 e. The van der Waals surface area contributed by atoms with E-state index in [0.29, 0.717) is 0 Å². The number of hydrogen-bond acceptors (Lipinski definition) is 2. The third kappa shape index (κ3) is 4.36. The Balaban J connectivity index is 2.11. The van der Waals surface area contributed by atoms with Crippen molar-refractivity contribution in [1.82, 2.24) is 0 Å². The standard InChI is InChI=1S/C22H21Br2NS/c1-22(2,3)15-4-6-16(7-5-15)25(17-8-11-19(26)12-9-17)18-10-13-20(23)21(24)14-18/h4-14,26H,1-3H3. The third-order valence-electron chi connectivity index (χ3n) is 4.26. The van der Waals surface area contributed by atoms with Gasteiger partial charge in [0.1, 0.15) is 0 Å². The van der Waals surface area contributed by atoms with E-state index in [-0.39, 0.29) is 5.41 Å². The second kappa shape index (κ2) is 7.79. The minimum atomic E-state index is 0.137. The van der Waals surface area contributed by atoms with Gasteiger partial charge in [-0.15, -0.1) is 12.6 Å². The first-order chi connectivity index (χ1) is 12.3. The molecular formula is C22H21Br2NS. The van der Waals surface area contributed by atoms with E-state index in [4.69, 9.17) is 0 Å². The van der Waals surface area contributed by atoms with Crippen molar-refractivity contribution < 1.29 is 0 Å². The molecule has 0 N–H and O–H groups in total. The van der Waals surface area contributed by atoms with Gasteiger partial charge in [-0.3, -0.25) is 0 Å². The summed E-state index contributed by atoms with van der Waals surface area (Å²) < 4.78 is 2.06. The van der Waals surface area contributed by atoms with Gasteiger partial charge in [-0.05, 0) is 97.4 Å². The zero-order valence-electron chi connectivity index (χ0n) is 15.0. The molecule has 134 valence electrons. The van der Waals surface area contributed by atoms with E-state index in [1.54, 1.807) is 0 Å². The van der Waals surface area contributed by atoms with Crippen molar-refractivity contribution in [3.63, 3.8) is 0 Å². The molecule has 0 aromatic heterocycles. The molecule has 0 bridgehead atoms. The van der Waals surface area contributed by atoms with Crippen molar-refractivity contribution in [3.05, 3.63) is 81.2 Å². The van der Waals surface area contributed by atoms with Crippen LogP contribution in [-0.2, 0) is 5.41 Å². The molecule has 4 heteroatoms. The Hall–Kier alpha value is -1.23. The molecule has 0 unspecified atom stereocenters. The van der Waals surface area contributed by atoms with Gasteiger partial charge in [0.05, 0.1) is 0 Å². The summed E-state index contributed by atoms with van der Waals surface area (Å²) in [4.78, 5) is 3.20. The summed E-state index contributed by atoms with van der Waals surface area (Å²) in [6.45, 7) is 6.70. The monoisotopic (exact) mass is 489 g/mol. The number of anilines is 3. The average Bonchev–Trinajstić information content (AvgIpc) is 2.60. The van der Waals surface area contributed by atoms with Crippen LogP contribution < -0.4 is 4.90 Å². The number of nitrogens with zero attached hydrogens (tertiary/aromatic N) is 1. The molecule has 3 rings (SSSR count). The van der Waals surface area contributed by atoms with Crippen molar-refractivity contribution in [3.8, 4) is 0 Å². The lowest BCUT2D eigenvalue weighted by Crippen LogP contribution is -2.13. The van der Waals surface area contributed by atoms with Crippen LogP contribution in [0.5, 0.6) is 0 Å². The first kappa shape index (κ1) is 19.5. The molecule has 3 aromatic rings. The largest absolute Gasteiger partial charge is 0.310 e. The summed E-state index contributed by atoms with van der Waals surface area (Å²) in [5, 5.41) is 0. The molecule has 0 saturated carbocycles. The fourth-order valence-electron chi connectivity index (χ4n) is 2.78. The van der Waals surface area contributed by atoms with Crippen molar-refractivity contribution in [2.45, 2.75) is 31.1 Å². The predicted octanol–water partition coefficient (Wildman–Crippen LogP) is 8.27. The van der Waals surface area contributed by atoms with Gasteiger partial charge in [-0.2, -0.15) is 0 Å². The Bertz CT molecular complexity index is 897. The Kier molecular flexibility index (Phi) is 5.85. The maximum Gasteiger partial charge on any atom is 0.0473 e. The zero-order valence-corrected chi connectivity index (χ0v) is 19.1. The lowest BCUT2D eigenvalue weighted by Gasteiger charge is -2.27. The van der Waals surface area contributed by atoms with Crippen molar-refractivity contribution >= 4 is 61.6 Å². The van der Waals surface area contributed by atoms with Crippen molar-refractivity contribution in [1.29, 1.82) is 0 Å². The van der Waals surface area contributed by atoms with Crippen LogP contribution >= 0.6 is 44.5 Å². The van der Waals surface area contributed by atoms with Crippen LogP contribution in [0.2, 0.25) is 0 Å². The van der Waals surface area contributed by atoms with Gasteiger partial charge in [0.15, 0.2) is 0 Å². The molecule has 0 fully saturated rings. The SMILES string of the molecule is CC(C)(C)c1ccc(N(c2ccc(S)cc2)c2ccc(Br)c(Br)c2)cc1. The lowest BCUT2D eigenvalue weighted by molar-refractivity contribution is 0.590. The first-order valence-corrected chi connectivity index (χ1v) is 10.4. The van der Waals surface area contributed by atoms with Crippen LogP contribution in [-0.4, -0.2) is 0 Å². The van der Waals surface area contributed by atoms with Gasteiger partial charge >= 0.3 is 0 Å². The molecule has 0 atom stereocenters. The second-order valence-corrected chi connectivity index (χ2v) is 9.47.